The van der Waals surface area contributed by atoms with E-state index in [1.54, 1.807) is 7.11 Å². The molecule has 4 heteroatoms. The highest BCUT2D eigenvalue weighted by atomic mass is 79.9. The van der Waals surface area contributed by atoms with Gasteiger partial charge in [-0.15, -0.1) is 0 Å². The van der Waals surface area contributed by atoms with E-state index >= 15 is 0 Å². The Balaban J connectivity index is 2.67. The second-order valence-electron chi connectivity index (χ2n) is 3.17. The van der Waals surface area contributed by atoms with Gasteiger partial charge in [-0.25, -0.2) is 0 Å². The Kier molecular flexibility index (Phi) is 5.06. The molecule has 0 radical (unpaired) electrons. The van der Waals surface area contributed by atoms with Gasteiger partial charge in [-0.2, -0.15) is 0 Å². The number of halogens is 2. The zero-order chi connectivity index (χ0) is 10.6. The van der Waals surface area contributed by atoms with E-state index in [-0.39, 0.29) is 0 Å². The van der Waals surface area contributed by atoms with Gasteiger partial charge >= 0.3 is 0 Å². The molecule has 0 aliphatic rings. The minimum absolute atomic E-state index is 0.333. The fourth-order valence-electron chi connectivity index (χ4n) is 1.23. The molecule has 1 rings (SSSR count). The normalized spacial score (nSPS) is 12.9. The molecule has 2 nitrogen and oxygen atoms in total. The quantitative estimate of drug-likeness (QED) is 0.795. The highest BCUT2D eigenvalue weighted by molar-refractivity contribution is 9.10. The van der Waals surface area contributed by atoms with Crippen LogP contribution in [0, 0.1) is 6.92 Å². The van der Waals surface area contributed by atoms with Crippen molar-refractivity contribution < 1.29 is 4.74 Å². The number of pyridine rings is 1. The lowest BCUT2D eigenvalue weighted by molar-refractivity contribution is 0.200. The molecule has 1 heterocycles. The number of alkyl halides is 1. The molecule has 0 aromatic carbocycles. The van der Waals surface area contributed by atoms with Gasteiger partial charge in [-0.1, -0.05) is 15.9 Å². The van der Waals surface area contributed by atoms with E-state index in [2.05, 4.69) is 49.8 Å². The largest absolute Gasteiger partial charge is 0.384 e. The molecule has 0 N–H and O–H groups in total. The number of hydrogen-bond donors (Lipinski definition) is 0. The summed E-state index contributed by atoms with van der Waals surface area (Å²) in [4.78, 5) is 4.70. The van der Waals surface area contributed by atoms with Gasteiger partial charge in [0.15, 0.2) is 0 Å². The van der Waals surface area contributed by atoms with Crippen LogP contribution < -0.4 is 0 Å². The molecule has 1 atom stereocenters. The highest BCUT2D eigenvalue weighted by Gasteiger charge is 2.08. The lowest BCUT2D eigenvalue weighted by Gasteiger charge is -2.10. The number of ether oxygens (including phenoxy) is 1. The predicted octanol–water partition coefficient (Wildman–Crippen LogP) is 3.10. The van der Waals surface area contributed by atoms with E-state index in [1.165, 1.54) is 5.56 Å². The zero-order valence-electron chi connectivity index (χ0n) is 8.26. The van der Waals surface area contributed by atoms with Crippen LogP contribution in [0.5, 0.6) is 0 Å². The number of hydrogen-bond acceptors (Lipinski definition) is 2. The first-order valence-electron chi connectivity index (χ1n) is 4.37. The van der Waals surface area contributed by atoms with Gasteiger partial charge in [-0.3, -0.25) is 4.98 Å². The van der Waals surface area contributed by atoms with Crippen molar-refractivity contribution in [2.75, 3.05) is 13.7 Å². The maximum atomic E-state index is 5.06. The Bertz CT molecular complexity index is 304. The second kappa shape index (κ2) is 5.83. The van der Waals surface area contributed by atoms with E-state index in [1.807, 2.05) is 6.20 Å². The molecule has 14 heavy (non-hydrogen) atoms. The zero-order valence-corrected chi connectivity index (χ0v) is 11.4. The van der Waals surface area contributed by atoms with Crippen molar-refractivity contribution >= 4 is 31.9 Å². The number of aryl methyl sites for hydroxylation is 1. The van der Waals surface area contributed by atoms with Crippen molar-refractivity contribution in [2.24, 2.45) is 0 Å². The summed E-state index contributed by atoms with van der Waals surface area (Å²) in [6.07, 6.45) is 2.72. The number of methoxy groups -OCH3 is 1. The summed E-state index contributed by atoms with van der Waals surface area (Å²) in [5, 5.41) is 0. The third-order valence-corrected chi connectivity index (χ3v) is 2.94. The van der Waals surface area contributed by atoms with Crippen molar-refractivity contribution in [3.8, 4) is 0 Å². The lowest BCUT2D eigenvalue weighted by atomic mass is 10.1. The predicted molar refractivity (Wildman–Crippen MR) is 65.0 cm³/mol. The third kappa shape index (κ3) is 3.67. The number of rotatable bonds is 4. The van der Waals surface area contributed by atoms with Crippen LogP contribution in [0.2, 0.25) is 0 Å². The topological polar surface area (TPSA) is 22.1 Å². The van der Waals surface area contributed by atoms with Gasteiger partial charge < -0.3 is 4.74 Å². The molecule has 0 spiro atoms. The fourth-order valence-corrected chi connectivity index (χ4v) is 2.25. The van der Waals surface area contributed by atoms with Crippen LogP contribution in [-0.2, 0) is 11.2 Å². The monoisotopic (exact) mass is 321 g/mol. The average molecular weight is 323 g/mol. The van der Waals surface area contributed by atoms with Crippen molar-refractivity contribution in [1.82, 2.24) is 4.98 Å². The Labute approximate surface area is 101 Å². The molecule has 0 saturated heterocycles. The summed E-state index contributed by atoms with van der Waals surface area (Å²) in [7, 11) is 1.70. The summed E-state index contributed by atoms with van der Waals surface area (Å²) in [6, 6.07) is 2.08. The van der Waals surface area contributed by atoms with Gasteiger partial charge in [0.2, 0.25) is 0 Å². The summed E-state index contributed by atoms with van der Waals surface area (Å²) in [5.74, 6) is 0. The number of nitrogens with zero attached hydrogens (tertiary/aromatic N) is 1. The average Bonchev–Trinajstić information content (AvgIpc) is 2.10. The summed E-state index contributed by atoms with van der Waals surface area (Å²) < 4.78 is 6.08. The molecule has 0 fully saturated rings. The van der Waals surface area contributed by atoms with Gasteiger partial charge in [0.1, 0.15) is 0 Å². The van der Waals surface area contributed by atoms with Crippen LogP contribution in [0.15, 0.2) is 16.7 Å². The van der Waals surface area contributed by atoms with Gasteiger partial charge in [-0.05, 0) is 34.5 Å². The Morgan fingerprint density at radius 3 is 2.86 bits per heavy atom. The molecule has 1 aromatic heterocycles. The molecule has 0 amide bonds. The molecule has 0 saturated carbocycles. The highest BCUT2D eigenvalue weighted by Crippen LogP contribution is 2.16. The van der Waals surface area contributed by atoms with E-state index < -0.39 is 0 Å². The third-order valence-electron chi connectivity index (χ3n) is 1.92. The van der Waals surface area contributed by atoms with Gasteiger partial charge in [0.05, 0.1) is 6.61 Å². The van der Waals surface area contributed by atoms with E-state index in [4.69, 9.17) is 4.74 Å². The van der Waals surface area contributed by atoms with Crippen molar-refractivity contribution in [3.05, 3.63) is 28.0 Å². The van der Waals surface area contributed by atoms with Crippen LogP contribution in [-0.4, -0.2) is 23.5 Å². The summed E-state index contributed by atoms with van der Waals surface area (Å²) in [6.45, 7) is 2.77. The SMILES string of the molecule is COCC(Br)Cc1ncc(Br)cc1C. The molecule has 0 aliphatic heterocycles. The van der Waals surface area contributed by atoms with Crippen LogP contribution in [0.4, 0.5) is 0 Å². The Hall–Kier alpha value is 0.0700. The Morgan fingerprint density at radius 1 is 1.57 bits per heavy atom. The first-order chi connectivity index (χ1) is 6.63. The minimum atomic E-state index is 0.333. The van der Waals surface area contributed by atoms with Crippen molar-refractivity contribution in [3.63, 3.8) is 0 Å². The van der Waals surface area contributed by atoms with Crippen LogP contribution >= 0.6 is 31.9 Å². The molecule has 78 valence electrons. The minimum Gasteiger partial charge on any atom is -0.384 e. The fraction of sp³-hybridized carbons (Fsp3) is 0.500. The van der Waals surface area contributed by atoms with Crippen LogP contribution in [0.1, 0.15) is 11.3 Å². The molecular weight excluding hydrogens is 310 g/mol. The van der Waals surface area contributed by atoms with Gasteiger partial charge in [0.25, 0.3) is 0 Å². The molecular formula is C10H13Br2NO. The van der Waals surface area contributed by atoms with E-state index in [0.717, 1.165) is 16.6 Å². The van der Waals surface area contributed by atoms with Crippen molar-refractivity contribution in [1.29, 1.82) is 0 Å². The smallest absolute Gasteiger partial charge is 0.0591 e. The lowest BCUT2D eigenvalue weighted by Crippen LogP contribution is -2.11. The molecule has 1 aromatic rings. The van der Waals surface area contributed by atoms with Crippen LogP contribution in [0.3, 0.4) is 0 Å². The van der Waals surface area contributed by atoms with E-state index in [0.29, 0.717) is 11.4 Å². The maximum absolute atomic E-state index is 5.06. The first kappa shape index (κ1) is 12.1. The molecule has 0 bridgehead atoms. The molecule has 0 aliphatic carbocycles. The first-order valence-corrected chi connectivity index (χ1v) is 6.08. The van der Waals surface area contributed by atoms with Gasteiger partial charge in [0, 0.05) is 34.7 Å². The summed E-state index contributed by atoms with van der Waals surface area (Å²) >= 11 is 6.95. The Morgan fingerprint density at radius 2 is 2.29 bits per heavy atom. The standard InChI is InChI=1S/C10H13Br2NO/c1-7-3-8(11)5-13-10(7)4-9(12)6-14-2/h3,5,9H,4,6H2,1-2H3. The second-order valence-corrected chi connectivity index (χ2v) is 5.38. The van der Waals surface area contributed by atoms with Crippen molar-refractivity contribution in [2.45, 2.75) is 18.2 Å². The maximum Gasteiger partial charge on any atom is 0.0591 e. The number of aromatic nitrogens is 1. The molecule has 1 unspecified atom stereocenters. The summed E-state index contributed by atoms with van der Waals surface area (Å²) in [5.41, 5.74) is 2.33. The van der Waals surface area contributed by atoms with Crippen LogP contribution in [0.25, 0.3) is 0 Å². The van der Waals surface area contributed by atoms with E-state index in [9.17, 15) is 0 Å².